The quantitative estimate of drug-likeness (QED) is 0.538. The number of nitro groups is 1. The fourth-order valence-electron chi connectivity index (χ4n) is 2.20. The Morgan fingerprint density at radius 2 is 1.50 bits per heavy atom. The number of hydrogen-bond acceptors (Lipinski definition) is 7. The fourth-order valence-corrected chi connectivity index (χ4v) is 3.21. The lowest BCUT2D eigenvalue weighted by Gasteiger charge is -2.12. The van der Waals surface area contributed by atoms with Gasteiger partial charge in [-0.25, -0.2) is 8.42 Å². The highest BCUT2D eigenvalue weighted by molar-refractivity contribution is 7.94. The number of sulfone groups is 1. The van der Waals surface area contributed by atoms with Gasteiger partial charge in [0.05, 0.1) is 31.1 Å². The van der Waals surface area contributed by atoms with Gasteiger partial charge in [-0.3, -0.25) is 10.1 Å². The molecule has 8 nitrogen and oxygen atoms in total. The van der Waals surface area contributed by atoms with Gasteiger partial charge in [0.15, 0.2) is 21.3 Å². The molecule has 0 atom stereocenters. The molecule has 2 aromatic carbocycles. The number of rotatable bonds is 7. The molecular formula is C17H17NO7S. The highest BCUT2D eigenvalue weighted by Crippen LogP contribution is 2.38. The number of nitro benzene ring substituents is 1. The van der Waals surface area contributed by atoms with Gasteiger partial charge in [0, 0.05) is 17.5 Å². The van der Waals surface area contributed by atoms with Crippen molar-refractivity contribution in [1.82, 2.24) is 0 Å². The van der Waals surface area contributed by atoms with Crippen molar-refractivity contribution in [3.8, 4) is 17.2 Å². The van der Waals surface area contributed by atoms with Crippen LogP contribution in [0.5, 0.6) is 17.2 Å². The van der Waals surface area contributed by atoms with Crippen molar-refractivity contribution in [3.05, 3.63) is 57.5 Å². The van der Waals surface area contributed by atoms with Crippen molar-refractivity contribution in [2.45, 2.75) is 4.90 Å². The van der Waals surface area contributed by atoms with E-state index in [2.05, 4.69) is 0 Å². The minimum atomic E-state index is -3.77. The Morgan fingerprint density at radius 1 is 0.962 bits per heavy atom. The minimum Gasteiger partial charge on any atom is -0.493 e. The van der Waals surface area contributed by atoms with Crippen LogP contribution >= 0.6 is 0 Å². The topological polar surface area (TPSA) is 105 Å². The summed E-state index contributed by atoms with van der Waals surface area (Å²) in [4.78, 5) is 10.0. The molecule has 0 N–H and O–H groups in total. The Bertz CT molecular complexity index is 909. The summed E-state index contributed by atoms with van der Waals surface area (Å²) >= 11 is 0. The molecule has 0 saturated heterocycles. The predicted molar refractivity (Wildman–Crippen MR) is 95.4 cm³/mol. The van der Waals surface area contributed by atoms with E-state index in [4.69, 9.17) is 14.2 Å². The SMILES string of the molecule is COc1cc(/C=C/S(=O)(=O)c2ccc([N+](=O)[O-])cc2)cc(OC)c1OC. The molecular weight excluding hydrogens is 362 g/mol. The summed E-state index contributed by atoms with van der Waals surface area (Å²) < 4.78 is 40.4. The van der Waals surface area contributed by atoms with Gasteiger partial charge in [0.1, 0.15) is 0 Å². The van der Waals surface area contributed by atoms with E-state index in [1.165, 1.54) is 39.5 Å². The van der Waals surface area contributed by atoms with Crippen molar-refractivity contribution >= 4 is 21.6 Å². The first kappa shape index (κ1) is 19.3. The lowest BCUT2D eigenvalue weighted by atomic mass is 10.2. The van der Waals surface area contributed by atoms with E-state index in [9.17, 15) is 18.5 Å². The molecule has 0 bridgehead atoms. The van der Waals surface area contributed by atoms with E-state index in [0.717, 1.165) is 17.5 Å². The summed E-state index contributed by atoms with van der Waals surface area (Å²) in [6.07, 6.45) is 1.38. The van der Waals surface area contributed by atoms with Crippen molar-refractivity contribution < 1.29 is 27.6 Å². The zero-order valence-electron chi connectivity index (χ0n) is 14.3. The third kappa shape index (κ3) is 4.12. The average molecular weight is 379 g/mol. The maximum atomic E-state index is 12.4. The summed E-state index contributed by atoms with van der Waals surface area (Å²) in [5.74, 6) is 1.17. The molecule has 0 spiro atoms. The molecule has 0 fully saturated rings. The van der Waals surface area contributed by atoms with Crippen molar-refractivity contribution in [3.63, 3.8) is 0 Å². The van der Waals surface area contributed by atoms with Crippen LogP contribution in [0.25, 0.3) is 6.08 Å². The second kappa shape index (κ2) is 7.87. The van der Waals surface area contributed by atoms with E-state index in [0.29, 0.717) is 22.8 Å². The molecule has 0 unspecified atom stereocenters. The molecule has 0 aliphatic rings. The van der Waals surface area contributed by atoms with E-state index in [1.807, 2.05) is 0 Å². The number of methoxy groups -OCH3 is 3. The molecule has 0 aliphatic heterocycles. The number of ether oxygens (including phenoxy) is 3. The first-order valence-corrected chi connectivity index (χ1v) is 8.84. The van der Waals surface area contributed by atoms with E-state index >= 15 is 0 Å². The van der Waals surface area contributed by atoms with Gasteiger partial charge in [-0.1, -0.05) is 0 Å². The van der Waals surface area contributed by atoms with Crippen molar-refractivity contribution in [2.75, 3.05) is 21.3 Å². The van der Waals surface area contributed by atoms with Crippen molar-refractivity contribution in [2.24, 2.45) is 0 Å². The number of hydrogen-bond donors (Lipinski definition) is 0. The van der Waals surface area contributed by atoms with Crippen LogP contribution in [-0.4, -0.2) is 34.7 Å². The van der Waals surface area contributed by atoms with Crippen LogP contribution in [0.15, 0.2) is 46.7 Å². The second-order valence-electron chi connectivity index (χ2n) is 5.06. The zero-order valence-corrected chi connectivity index (χ0v) is 15.1. The fraction of sp³-hybridized carbons (Fsp3) is 0.176. The number of non-ortho nitro benzene ring substituents is 1. The zero-order chi connectivity index (χ0) is 19.3. The smallest absolute Gasteiger partial charge is 0.269 e. The van der Waals surface area contributed by atoms with Crippen LogP contribution in [0.2, 0.25) is 0 Å². The van der Waals surface area contributed by atoms with Crippen LogP contribution in [0.1, 0.15) is 5.56 Å². The highest BCUT2D eigenvalue weighted by Gasteiger charge is 2.15. The molecule has 2 aromatic rings. The number of nitrogens with zero attached hydrogens (tertiary/aromatic N) is 1. The Kier molecular flexibility index (Phi) is 5.83. The summed E-state index contributed by atoms with van der Waals surface area (Å²) in [5, 5.41) is 11.7. The van der Waals surface area contributed by atoms with E-state index < -0.39 is 14.8 Å². The van der Waals surface area contributed by atoms with Crippen molar-refractivity contribution in [1.29, 1.82) is 0 Å². The van der Waals surface area contributed by atoms with Gasteiger partial charge in [-0.15, -0.1) is 0 Å². The summed E-state index contributed by atoms with van der Waals surface area (Å²) in [6, 6.07) is 7.85. The predicted octanol–water partition coefficient (Wildman–Crippen LogP) is 3.07. The van der Waals surface area contributed by atoms with Gasteiger partial charge in [-0.2, -0.15) is 0 Å². The summed E-state index contributed by atoms with van der Waals surface area (Å²) in [5.41, 5.74) is 0.336. The molecule has 26 heavy (non-hydrogen) atoms. The second-order valence-corrected chi connectivity index (χ2v) is 6.89. The first-order chi connectivity index (χ1) is 12.3. The summed E-state index contributed by atoms with van der Waals surface area (Å²) in [6.45, 7) is 0. The highest BCUT2D eigenvalue weighted by atomic mass is 32.2. The van der Waals surface area contributed by atoms with Crippen LogP contribution in [0.3, 0.4) is 0 Å². The third-order valence-electron chi connectivity index (χ3n) is 3.50. The largest absolute Gasteiger partial charge is 0.493 e. The Hall–Kier alpha value is -3.07. The maximum absolute atomic E-state index is 12.4. The van der Waals surface area contributed by atoms with Crippen LogP contribution in [0.4, 0.5) is 5.69 Å². The molecule has 0 amide bonds. The van der Waals surface area contributed by atoms with Gasteiger partial charge in [0.2, 0.25) is 5.75 Å². The van der Waals surface area contributed by atoms with Crippen LogP contribution < -0.4 is 14.2 Å². The third-order valence-corrected chi connectivity index (χ3v) is 4.93. The Balaban J connectivity index is 2.37. The normalized spacial score (nSPS) is 11.3. The molecule has 0 aliphatic carbocycles. The van der Waals surface area contributed by atoms with Gasteiger partial charge < -0.3 is 14.2 Å². The van der Waals surface area contributed by atoms with Gasteiger partial charge in [-0.05, 0) is 35.9 Å². The van der Waals surface area contributed by atoms with E-state index in [-0.39, 0.29) is 10.6 Å². The molecule has 2 rings (SSSR count). The first-order valence-electron chi connectivity index (χ1n) is 7.30. The molecule has 0 saturated carbocycles. The number of benzene rings is 2. The monoisotopic (exact) mass is 379 g/mol. The lowest BCUT2D eigenvalue weighted by Crippen LogP contribution is -1.98. The average Bonchev–Trinajstić information content (AvgIpc) is 2.65. The Morgan fingerprint density at radius 3 is 1.92 bits per heavy atom. The molecule has 138 valence electrons. The van der Waals surface area contributed by atoms with Crippen LogP contribution in [0, 0.1) is 10.1 Å². The standard InChI is InChI=1S/C17H17NO7S/c1-23-15-10-12(11-16(24-2)17(15)25-3)8-9-26(21,22)14-6-4-13(5-7-14)18(19)20/h4-11H,1-3H3/b9-8+. The summed E-state index contributed by atoms with van der Waals surface area (Å²) in [7, 11) is 0.609. The Labute approximate surface area is 150 Å². The maximum Gasteiger partial charge on any atom is 0.269 e. The molecule has 9 heteroatoms. The minimum absolute atomic E-state index is 0.0493. The van der Waals surface area contributed by atoms with Crippen LogP contribution in [-0.2, 0) is 9.84 Å². The molecule has 0 heterocycles. The van der Waals surface area contributed by atoms with Gasteiger partial charge in [0.25, 0.3) is 5.69 Å². The molecule has 0 aromatic heterocycles. The molecule has 0 radical (unpaired) electrons. The van der Waals surface area contributed by atoms with E-state index in [1.54, 1.807) is 12.1 Å². The van der Waals surface area contributed by atoms with Gasteiger partial charge >= 0.3 is 0 Å². The lowest BCUT2D eigenvalue weighted by molar-refractivity contribution is -0.384.